The minimum atomic E-state index is 0.0612. The summed E-state index contributed by atoms with van der Waals surface area (Å²) in [6.07, 6.45) is 2.96. The summed E-state index contributed by atoms with van der Waals surface area (Å²) in [6, 6.07) is 19.9. The van der Waals surface area contributed by atoms with Crippen molar-refractivity contribution in [2.45, 2.75) is 26.1 Å². The number of hydrogen-bond acceptors (Lipinski definition) is 5. The molecule has 1 aliphatic heterocycles. The van der Waals surface area contributed by atoms with Crippen LogP contribution in [0.1, 0.15) is 24.0 Å². The normalized spacial score (nSPS) is 13.6. The molecule has 0 N–H and O–H groups in total. The number of rotatable bonds is 7. The van der Waals surface area contributed by atoms with E-state index in [1.807, 2.05) is 60.7 Å². The smallest absolute Gasteiger partial charge is 0.320 e. The molecule has 142 valence electrons. The highest BCUT2D eigenvalue weighted by molar-refractivity contribution is 5.96. The molecule has 1 amide bonds. The number of nitrogens with zero attached hydrogens (tertiary/aromatic N) is 3. The molecule has 1 aromatic heterocycles. The van der Waals surface area contributed by atoms with Crippen molar-refractivity contribution in [2.24, 2.45) is 0 Å². The molecule has 2 heterocycles. The summed E-state index contributed by atoms with van der Waals surface area (Å²) in [5, 5.41) is 0. The van der Waals surface area contributed by atoms with Crippen LogP contribution in [0.2, 0.25) is 0 Å². The molecule has 0 atom stereocenters. The Morgan fingerprint density at radius 1 is 0.893 bits per heavy atom. The van der Waals surface area contributed by atoms with Gasteiger partial charge in [0.2, 0.25) is 11.8 Å². The van der Waals surface area contributed by atoms with E-state index in [4.69, 9.17) is 9.47 Å². The third-order valence-corrected chi connectivity index (χ3v) is 4.51. The van der Waals surface area contributed by atoms with E-state index in [0.29, 0.717) is 37.7 Å². The number of carbonyl (C=O) groups excluding carboxylic acids is 1. The largest absolute Gasteiger partial charge is 0.471 e. The van der Waals surface area contributed by atoms with Gasteiger partial charge < -0.3 is 14.4 Å². The lowest BCUT2D eigenvalue weighted by Gasteiger charge is -2.19. The number of benzene rings is 2. The fraction of sp³-hybridized carbons (Fsp3) is 0.227. The summed E-state index contributed by atoms with van der Waals surface area (Å²) >= 11 is 0. The number of anilines is 1. The molecule has 6 nitrogen and oxygen atoms in total. The second-order valence-corrected chi connectivity index (χ2v) is 6.54. The third kappa shape index (κ3) is 4.28. The first kappa shape index (κ1) is 18.0. The molecule has 0 aliphatic carbocycles. The topological polar surface area (TPSA) is 64.6 Å². The van der Waals surface area contributed by atoms with Gasteiger partial charge in [-0.3, -0.25) is 4.79 Å². The van der Waals surface area contributed by atoms with Crippen LogP contribution in [0.25, 0.3) is 0 Å². The summed E-state index contributed by atoms with van der Waals surface area (Å²) < 4.78 is 11.7. The van der Waals surface area contributed by atoms with Crippen molar-refractivity contribution < 1.29 is 14.3 Å². The second kappa shape index (κ2) is 8.52. The van der Waals surface area contributed by atoms with Crippen LogP contribution < -0.4 is 14.4 Å². The highest BCUT2D eigenvalue weighted by atomic mass is 16.5. The van der Waals surface area contributed by atoms with Crippen LogP contribution in [0.3, 0.4) is 0 Å². The van der Waals surface area contributed by atoms with E-state index in [-0.39, 0.29) is 11.9 Å². The van der Waals surface area contributed by atoms with Crippen LogP contribution in [0, 0.1) is 0 Å². The van der Waals surface area contributed by atoms with E-state index in [9.17, 15) is 4.79 Å². The molecule has 1 aliphatic rings. The van der Waals surface area contributed by atoms with Gasteiger partial charge in [0.15, 0.2) is 0 Å². The second-order valence-electron chi connectivity index (χ2n) is 6.54. The van der Waals surface area contributed by atoms with Crippen LogP contribution >= 0.6 is 0 Å². The molecule has 6 heteroatoms. The zero-order valence-electron chi connectivity index (χ0n) is 15.5. The number of hydrogen-bond donors (Lipinski definition) is 0. The maximum absolute atomic E-state index is 12.2. The predicted octanol–water partition coefficient (Wildman–Crippen LogP) is 3.76. The van der Waals surface area contributed by atoms with E-state index in [0.717, 1.165) is 17.5 Å². The van der Waals surface area contributed by atoms with Crippen molar-refractivity contribution >= 4 is 11.6 Å². The summed E-state index contributed by atoms with van der Waals surface area (Å²) in [5.41, 5.74) is 2.63. The molecular weight excluding hydrogens is 354 g/mol. The SMILES string of the molecule is O=C1CCCN1c1cnc(OCc2ccccc2)nc1OCc1ccccc1. The van der Waals surface area contributed by atoms with E-state index < -0.39 is 0 Å². The molecule has 0 saturated carbocycles. The average Bonchev–Trinajstić information content (AvgIpc) is 3.18. The highest BCUT2D eigenvalue weighted by Gasteiger charge is 2.26. The average molecular weight is 375 g/mol. The molecule has 3 aromatic rings. The summed E-state index contributed by atoms with van der Waals surface area (Å²) in [6.45, 7) is 1.36. The van der Waals surface area contributed by atoms with Crippen molar-refractivity contribution in [3.8, 4) is 11.9 Å². The quantitative estimate of drug-likeness (QED) is 0.629. The first-order chi connectivity index (χ1) is 13.8. The number of ether oxygens (including phenoxy) is 2. The molecule has 0 spiro atoms. The van der Waals surface area contributed by atoms with Crippen molar-refractivity contribution in [3.63, 3.8) is 0 Å². The van der Waals surface area contributed by atoms with Gasteiger partial charge in [-0.1, -0.05) is 60.7 Å². The number of aromatic nitrogens is 2. The minimum Gasteiger partial charge on any atom is -0.471 e. The first-order valence-electron chi connectivity index (χ1n) is 9.30. The molecule has 1 saturated heterocycles. The van der Waals surface area contributed by atoms with Crippen LogP contribution in [0.4, 0.5) is 5.69 Å². The van der Waals surface area contributed by atoms with Crippen LogP contribution in [-0.4, -0.2) is 22.4 Å². The molecule has 1 fully saturated rings. The minimum absolute atomic E-state index is 0.0612. The number of amides is 1. The van der Waals surface area contributed by atoms with Gasteiger partial charge >= 0.3 is 6.01 Å². The van der Waals surface area contributed by atoms with Gasteiger partial charge in [0.05, 0.1) is 6.20 Å². The van der Waals surface area contributed by atoms with Crippen molar-refractivity contribution in [1.82, 2.24) is 9.97 Å². The zero-order chi connectivity index (χ0) is 19.2. The van der Waals surface area contributed by atoms with Crippen LogP contribution in [-0.2, 0) is 18.0 Å². The molecule has 0 unspecified atom stereocenters. The molecule has 0 bridgehead atoms. The summed E-state index contributed by atoms with van der Waals surface area (Å²) in [7, 11) is 0. The van der Waals surface area contributed by atoms with Gasteiger partial charge in [-0.05, 0) is 17.5 Å². The fourth-order valence-corrected chi connectivity index (χ4v) is 3.06. The van der Waals surface area contributed by atoms with Gasteiger partial charge in [0, 0.05) is 13.0 Å². The maximum atomic E-state index is 12.2. The van der Waals surface area contributed by atoms with E-state index >= 15 is 0 Å². The van der Waals surface area contributed by atoms with Gasteiger partial charge in [-0.15, -0.1) is 0 Å². The summed E-state index contributed by atoms with van der Waals surface area (Å²) in [5.74, 6) is 0.420. The molecule has 28 heavy (non-hydrogen) atoms. The molecule has 4 rings (SSSR count). The standard InChI is InChI=1S/C22H21N3O3/c26-20-12-7-13-25(20)19-14-23-22(28-16-18-10-5-2-6-11-18)24-21(19)27-15-17-8-3-1-4-9-17/h1-6,8-11,14H,7,12-13,15-16H2. The Bertz CT molecular complexity index is 932. The molecule has 0 radical (unpaired) electrons. The third-order valence-electron chi connectivity index (χ3n) is 4.51. The molecular formula is C22H21N3O3. The maximum Gasteiger partial charge on any atom is 0.320 e. The lowest BCUT2D eigenvalue weighted by Crippen LogP contribution is -2.25. The first-order valence-corrected chi connectivity index (χ1v) is 9.30. The van der Waals surface area contributed by atoms with Crippen LogP contribution in [0.5, 0.6) is 11.9 Å². The fourth-order valence-electron chi connectivity index (χ4n) is 3.06. The molecule has 2 aromatic carbocycles. The Morgan fingerprint density at radius 2 is 1.54 bits per heavy atom. The Morgan fingerprint density at radius 3 is 2.14 bits per heavy atom. The highest BCUT2D eigenvalue weighted by Crippen LogP contribution is 2.31. The van der Waals surface area contributed by atoms with Crippen molar-refractivity contribution in [1.29, 1.82) is 0 Å². The van der Waals surface area contributed by atoms with Crippen molar-refractivity contribution in [2.75, 3.05) is 11.4 Å². The van der Waals surface area contributed by atoms with Crippen molar-refractivity contribution in [3.05, 3.63) is 78.0 Å². The van der Waals surface area contributed by atoms with Gasteiger partial charge in [-0.25, -0.2) is 4.98 Å². The predicted molar refractivity (Wildman–Crippen MR) is 105 cm³/mol. The van der Waals surface area contributed by atoms with E-state index in [1.165, 1.54) is 0 Å². The Balaban J connectivity index is 1.54. The lowest BCUT2D eigenvalue weighted by atomic mass is 10.2. The van der Waals surface area contributed by atoms with Gasteiger partial charge in [0.25, 0.3) is 0 Å². The Labute approximate surface area is 163 Å². The Kier molecular flexibility index (Phi) is 5.47. The Hall–Kier alpha value is -3.41. The van der Waals surface area contributed by atoms with Gasteiger partial charge in [-0.2, -0.15) is 4.98 Å². The summed E-state index contributed by atoms with van der Waals surface area (Å²) in [4.78, 5) is 22.6. The van der Waals surface area contributed by atoms with E-state index in [1.54, 1.807) is 11.1 Å². The lowest BCUT2D eigenvalue weighted by molar-refractivity contribution is -0.117. The zero-order valence-corrected chi connectivity index (χ0v) is 15.5. The number of carbonyl (C=O) groups is 1. The van der Waals surface area contributed by atoms with E-state index in [2.05, 4.69) is 9.97 Å². The van der Waals surface area contributed by atoms with Crippen LogP contribution in [0.15, 0.2) is 66.9 Å². The monoisotopic (exact) mass is 375 g/mol. The van der Waals surface area contributed by atoms with Gasteiger partial charge in [0.1, 0.15) is 18.9 Å².